The molecule has 0 radical (unpaired) electrons. The summed E-state index contributed by atoms with van der Waals surface area (Å²) in [5.41, 5.74) is 5.45. The molecular weight excluding hydrogens is 642 g/mol. The number of pyridine rings is 1. The van der Waals surface area contributed by atoms with Crippen LogP contribution in [0.3, 0.4) is 0 Å². The van der Waals surface area contributed by atoms with Crippen molar-refractivity contribution in [3.8, 4) is 5.75 Å². The predicted molar refractivity (Wildman–Crippen MR) is 198 cm³/mol. The van der Waals surface area contributed by atoms with Crippen LogP contribution in [0, 0.1) is 17.8 Å². The van der Waals surface area contributed by atoms with E-state index in [9.17, 15) is 30.0 Å². The van der Waals surface area contributed by atoms with Crippen LogP contribution in [0.1, 0.15) is 30.5 Å². The topological polar surface area (TPSA) is 143 Å². The molecule has 258 valence electrons. The average molecular weight is 682 g/mol. The molecule has 4 atom stereocenters. The molecule has 2 aliphatic rings. The number of hydrogen-bond donors (Lipinski definition) is 5. The Kier molecular flexibility index (Phi) is 9.76. The van der Waals surface area contributed by atoms with Gasteiger partial charge in [0.15, 0.2) is 0 Å². The van der Waals surface area contributed by atoms with Crippen molar-refractivity contribution >= 4 is 51.3 Å². The molecule has 7 rings (SSSR count). The maximum Gasteiger partial charge on any atom is 0.238 e. The molecule has 2 amide bonds. The molecule has 2 heterocycles. The van der Waals surface area contributed by atoms with E-state index in [2.05, 4.69) is 10.3 Å². The number of carbonyl (C=O) groups excluding carboxylic acids is 2. The van der Waals surface area contributed by atoms with Crippen LogP contribution in [0.4, 0.5) is 17.1 Å². The molecular formula is C42H39N3O6. The second kappa shape index (κ2) is 14.7. The highest BCUT2D eigenvalue weighted by atomic mass is 16.3. The molecule has 0 saturated carbocycles. The van der Waals surface area contributed by atoms with E-state index < -0.39 is 43.0 Å². The van der Waals surface area contributed by atoms with E-state index in [4.69, 9.17) is 0 Å². The lowest BCUT2D eigenvalue weighted by atomic mass is 9.68. The number of hydrogen-bond acceptors (Lipinski definition) is 8. The second-order valence-electron chi connectivity index (χ2n) is 13.1. The third-order valence-corrected chi connectivity index (χ3v) is 10.1. The van der Waals surface area contributed by atoms with Crippen LogP contribution in [-0.4, -0.2) is 56.5 Å². The Morgan fingerprint density at radius 2 is 1.55 bits per heavy atom. The molecule has 1 aliphatic carbocycles. The molecule has 9 heteroatoms. The number of aromatic nitrogens is 1. The highest BCUT2D eigenvalue weighted by Crippen LogP contribution is 2.47. The number of nitrogens with zero attached hydrogens (tertiary/aromatic N) is 2. The Morgan fingerprint density at radius 1 is 0.843 bits per heavy atom. The summed E-state index contributed by atoms with van der Waals surface area (Å²) < 4.78 is 0. The number of anilines is 3. The SMILES string of the molecule is O=C1[C@@H]2[C@@H](CC(CO)=C([C@H](O)CC/C(=C/c3ccc(O)c4ccccc34)c3ccccn3)[C@@H]2CO)C(=O)N1c1ccc(Nc2ccccc2)cc1. The quantitative estimate of drug-likeness (QED) is 0.0789. The number of benzene rings is 4. The first-order chi connectivity index (χ1) is 24.9. The van der Waals surface area contributed by atoms with Crippen molar-refractivity contribution in [2.45, 2.75) is 25.4 Å². The Balaban J connectivity index is 1.14. The number of fused-ring (bicyclic) bond motifs is 2. The van der Waals surface area contributed by atoms with Gasteiger partial charge in [-0.3, -0.25) is 19.5 Å². The first kappa shape index (κ1) is 33.9. The summed E-state index contributed by atoms with van der Waals surface area (Å²) in [5, 5.41) is 48.3. The molecule has 5 N–H and O–H groups in total. The van der Waals surface area contributed by atoms with Crippen LogP contribution < -0.4 is 10.2 Å². The van der Waals surface area contributed by atoms with Crippen molar-refractivity contribution < 1.29 is 30.0 Å². The van der Waals surface area contributed by atoms with Crippen molar-refractivity contribution in [3.05, 3.63) is 138 Å². The van der Waals surface area contributed by atoms with Gasteiger partial charge in [-0.1, -0.05) is 54.6 Å². The Bertz CT molecular complexity index is 2110. The van der Waals surface area contributed by atoms with Gasteiger partial charge in [0.25, 0.3) is 0 Å². The molecule has 51 heavy (non-hydrogen) atoms. The number of aliphatic hydroxyl groups excluding tert-OH is 3. The van der Waals surface area contributed by atoms with Crippen molar-refractivity contribution in [1.29, 1.82) is 0 Å². The lowest BCUT2D eigenvalue weighted by Crippen LogP contribution is -2.39. The van der Waals surface area contributed by atoms with E-state index in [1.807, 2.05) is 84.9 Å². The summed E-state index contributed by atoms with van der Waals surface area (Å²) in [5.74, 6) is -3.11. The lowest BCUT2D eigenvalue weighted by Gasteiger charge is -2.36. The smallest absolute Gasteiger partial charge is 0.238 e. The standard InChI is InChI=1S/C42H39N3O6/c46-24-28-23-34-40(42(51)45(41(34)50)31-17-15-30(16-18-31)44-29-8-2-1-3-9-29)35(25-47)39(28)38(49)20-14-27(36-12-6-7-21-43-36)22-26-13-19-37(48)33-11-5-4-10-32(26)33/h1-13,15-19,21-22,34-35,38,40,44,46-49H,14,20,23-25H2/b27-22-/t34-,35+,38-,40-/m1/s1. The number of rotatable bonds is 11. The van der Waals surface area contributed by atoms with Crippen LogP contribution in [0.2, 0.25) is 0 Å². The van der Waals surface area contributed by atoms with Crippen LogP contribution in [0.5, 0.6) is 5.75 Å². The van der Waals surface area contributed by atoms with E-state index in [0.717, 1.165) is 39.0 Å². The number of imide groups is 1. The van der Waals surface area contributed by atoms with Crippen molar-refractivity contribution in [3.63, 3.8) is 0 Å². The van der Waals surface area contributed by atoms with Crippen molar-refractivity contribution in [2.75, 3.05) is 23.4 Å². The van der Waals surface area contributed by atoms with Crippen LogP contribution >= 0.6 is 0 Å². The zero-order valence-electron chi connectivity index (χ0n) is 27.9. The molecule has 1 aromatic heterocycles. The zero-order valence-corrected chi connectivity index (χ0v) is 27.9. The number of phenolic OH excluding ortho intramolecular Hbond substituents is 1. The number of carbonyl (C=O) groups is 2. The van der Waals surface area contributed by atoms with Crippen LogP contribution in [0.25, 0.3) is 22.4 Å². The fourth-order valence-corrected chi connectivity index (χ4v) is 7.64. The van der Waals surface area contributed by atoms with E-state index in [1.165, 1.54) is 4.90 Å². The fourth-order valence-electron chi connectivity index (χ4n) is 7.64. The summed E-state index contributed by atoms with van der Waals surface area (Å²) in [6, 6.07) is 33.3. The maximum absolute atomic E-state index is 14.0. The monoisotopic (exact) mass is 681 g/mol. The largest absolute Gasteiger partial charge is 0.507 e. The normalized spacial score (nSPS) is 19.8. The Hall–Kier alpha value is -5.61. The third kappa shape index (κ3) is 6.67. The van der Waals surface area contributed by atoms with E-state index >= 15 is 0 Å². The third-order valence-electron chi connectivity index (χ3n) is 10.1. The van der Waals surface area contributed by atoms with E-state index in [0.29, 0.717) is 23.3 Å². The molecule has 1 aliphatic heterocycles. The summed E-state index contributed by atoms with van der Waals surface area (Å²) in [4.78, 5) is 33.6. The maximum atomic E-state index is 14.0. The molecule has 1 saturated heterocycles. The van der Waals surface area contributed by atoms with E-state index in [1.54, 1.807) is 36.5 Å². The van der Waals surface area contributed by atoms with Gasteiger partial charge in [-0.2, -0.15) is 0 Å². The summed E-state index contributed by atoms with van der Waals surface area (Å²) in [7, 11) is 0. The van der Waals surface area contributed by atoms with Gasteiger partial charge >= 0.3 is 0 Å². The Labute approximate surface area is 295 Å². The first-order valence-corrected chi connectivity index (χ1v) is 17.1. The van der Waals surface area contributed by atoms with Crippen molar-refractivity contribution in [1.82, 2.24) is 4.98 Å². The predicted octanol–water partition coefficient (Wildman–Crippen LogP) is 6.47. The first-order valence-electron chi connectivity index (χ1n) is 17.1. The summed E-state index contributed by atoms with van der Waals surface area (Å²) >= 11 is 0. The number of allylic oxidation sites excluding steroid dienone is 1. The fraction of sp³-hybridized carbons (Fsp3) is 0.214. The van der Waals surface area contributed by atoms with E-state index in [-0.39, 0.29) is 24.5 Å². The molecule has 4 aromatic carbocycles. The molecule has 0 spiro atoms. The number of phenols is 1. The molecule has 5 aromatic rings. The number of aliphatic hydroxyl groups is 3. The highest BCUT2D eigenvalue weighted by Gasteiger charge is 2.55. The summed E-state index contributed by atoms with van der Waals surface area (Å²) in [6.07, 6.45) is 3.30. The van der Waals surface area contributed by atoms with Gasteiger partial charge in [-0.05, 0) is 108 Å². The molecule has 0 bridgehead atoms. The number of aromatic hydroxyl groups is 1. The number of nitrogens with one attached hydrogen (secondary N) is 1. The van der Waals surface area contributed by atoms with Gasteiger partial charge in [0.05, 0.1) is 42.5 Å². The zero-order chi connectivity index (χ0) is 35.5. The van der Waals surface area contributed by atoms with Crippen molar-refractivity contribution in [2.24, 2.45) is 17.8 Å². The minimum atomic E-state index is -1.10. The number of amides is 2. The van der Waals surface area contributed by atoms with Crippen LogP contribution in [0.15, 0.2) is 127 Å². The average Bonchev–Trinajstić information content (AvgIpc) is 3.42. The van der Waals surface area contributed by atoms with Gasteiger partial charge in [0.1, 0.15) is 5.75 Å². The van der Waals surface area contributed by atoms with Gasteiger partial charge in [0, 0.05) is 28.9 Å². The molecule has 1 fully saturated rings. The minimum Gasteiger partial charge on any atom is -0.507 e. The molecule has 9 nitrogen and oxygen atoms in total. The lowest BCUT2D eigenvalue weighted by molar-refractivity contribution is -0.123. The minimum absolute atomic E-state index is 0.112. The highest BCUT2D eigenvalue weighted by molar-refractivity contribution is 6.22. The number of para-hydroxylation sites is 1. The van der Waals surface area contributed by atoms with Gasteiger partial charge in [0.2, 0.25) is 11.8 Å². The summed E-state index contributed by atoms with van der Waals surface area (Å²) in [6.45, 7) is -0.873. The Morgan fingerprint density at radius 3 is 2.25 bits per heavy atom. The van der Waals surface area contributed by atoms with Gasteiger partial charge in [-0.15, -0.1) is 0 Å². The van der Waals surface area contributed by atoms with Gasteiger partial charge < -0.3 is 25.7 Å². The second-order valence-corrected chi connectivity index (χ2v) is 13.1. The van der Waals surface area contributed by atoms with Crippen LogP contribution in [-0.2, 0) is 9.59 Å². The van der Waals surface area contributed by atoms with Gasteiger partial charge in [-0.25, -0.2) is 0 Å². The molecule has 0 unspecified atom stereocenters.